The molecule has 25 heavy (non-hydrogen) atoms. The van der Waals surface area contributed by atoms with Gasteiger partial charge in [-0.15, -0.1) is 0 Å². The molecule has 1 aliphatic carbocycles. The Morgan fingerprint density at radius 3 is 2.76 bits per heavy atom. The Balaban J connectivity index is 1.56. The summed E-state index contributed by atoms with van der Waals surface area (Å²) in [6.07, 6.45) is 0.997. The van der Waals surface area contributed by atoms with E-state index < -0.39 is 11.6 Å². The van der Waals surface area contributed by atoms with E-state index in [0.717, 1.165) is 5.82 Å². The lowest BCUT2D eigenvalue weighted by Gasteiger charge is -2.10. The van der Waals surface area contributed by atoms with Crippen LogP contribution in [0.25, 0.3) is 0 Å². The van der Waals surface area contributed by atoms with Gasteiger partial charge in [0.2, 0.25) is 5.91 Å². The van der Waals surface area contributed by atoms with E-state index in [1.54, 1.807) is 0 Å². The minimum Gasteiger partial charge on any atom is -0.355 e. The fourth-order valence-corrected chi connectivity index (χ4v) is 3.51. The van der Waals surface area contributed by atoms with Crippen LogP contribution >= 0.6 is 12.2 Å². The molecule has 1 amide bonds. The average molecular weight is 366 g/mol. The van der Waals surface area contributed by atoms with Gasteiger partial charge in [-0.25, -0.2) is 8.78 Å². The predicted octanol–water partition coefficient (Wildman–Crippen LogP) is 3.26. The third-order valence-corrected chi connectivity index (χ3v) is 4.73. The number of hydrogen-bond donors (Lipinski definition) is 2. The van der Waals surface area contributed by atoms with Gasteiger partial charge in [0.05, 0.1) is 0 Å². The zero-order valence-corrected chi connectivity index (χ0v) is 14.9. The summed E-state index contributed by atoms with van der Waals surface area (Å²) in [6.45, 7) is 4.41. The second kappa shape index (κ2) is 7.03. The minimum absolute atomic E-state index is 0.0170. The maximum absolute atomic E-state index is 13.8. The molecule has 1 aromatic heterocycles. The average Bonchev–Trinajstić information content (AvgIpc) is 3.23. The molecule has 1 aliphatic rings. The molecule has 1 saturated carbocycles. The van der Waals surface area contributed by atoms with Gasteiger partial charge in [0.25, 0.3) is 0 Å². The minimum atomic E-state index is -0.590. The van der Waals surface area contributed by atoms with Crippen molar-refractivity contribution in [2.24, 2.45) is 5.92 Å². The summed E-state index contributed by atoms with van der Waals surface area (Å²) in [4.78, 5) is 12.2. The first kappa shape index (κ1) is 17.7. The van der Waals surface area contributed by atoms with Gasteiger partial charge < -0.3 is 9.88 Å². The zero-order valence-electron chi connectivity index (χ0n) is 14.1. The number of carbonyl (C=O) groups excluding carboxylic acids is 1. The lowest BCUT2D eigenvalue weighted by atomic mass is 10.1. The number of nitrogens with zero attached hydrogens (tertiary/aromatic N) is 2. The highest BCUT2D eigenvalue weighted by Gasteiger charge is 2.46. The van der Waals surface area contributed by atoms with E-state index in [9.17, 15) is 13.6 Å². The molecule has 2 atom stereocenters. The summed E-state index contributed by atoms with van der Waals surface area (Å²) in [5.74, 6) is -1.35. The number of aromatic nitrogens is 3. The third-order valence-electron chi connectivity index (χ3n) is 4.44. The number of halogens is 2. The quantitative estimate of drug-likeness (QED) is 0.772. The van der Waals surface area contributed by atoms with Crippen LogP contribution in [-0.4, -0.2) is 27.2 Å². The third kappa shape index (κ3) is 3.63. The molecular formula is C17H20F2N4OS. The molecule has 0 radical (unpaired) electrons. The molecule has 2 N–H and O–H groups in total. The van der Waals surface area contributed by atoms with Crippen LogP contribution in [0.15, 0.2) is 18.2 Å². The molecule has 5 nitrogen and oxygen atoms in total. The molecule has 2 aromatic rings. The molecule has 0 unspecified atom stereocenters. The van der Waals surface area contributed by atoms with Gasteiger partial charge in [0, 0.05) is 36.4 Å². The van der Waals surface area contributed by atoms with Crippen LogP contribution in [0.3, 0.4) is 0 Å². The lowest BCUT2D eigenvalue weighted by Crippen LogP contribution is -2.28. The number of amides is 1. The van der Waals surface area contributed by atoms with Crippen molar-refractivity contribution in [3.63, 3.8) is 0 Å². The summed E-state index contributed by atoms with van der Waals surface area (Å²) in [5, 5.41) is 9.75. The molecule has 0 saturated heterocycles. The second-order valence-corrected chi connectivity index (χ2v) is 6.92. The molecule has 1 fully saturated rings. The maximum Gasteiger partial charge on any atom is 0.223 e. The zero-order chi connectivity index (χ0) is 18.1. The van der Waals surface area contributed by atoms with Crippen molar-refractivity contribution in [2.45, 2.75) is 38.6 Å². The molecule has 0 spiro atoms. The van der Waals surface area contributed by atoms with Gasteiger partial charge in [0.1, 0.15) is 17.5 Å². The van der Waals surface area contributed by atoms with E-state index in [4.69, 9.17) is 12.2 Å². The van der Waals surface area contributed by atoms with E-state index in [0.29, 0.717) is 24.2 Å². The predicted molar refractivity (Wildman–Crippen MR) is 91.7 cm³/mol. The highest BCUT2D eigenvalue weighted by atomic mass is 32.1. The van der Waals surface area contributed by atoms with E-state index in [-0.39, 0.29) is 29.3 Å². The van der Waals surface area contributed by atoms with Crippen LogP contribution in [0.1, 0.15) is 43.6 Å². The smallest absolute Gasteiger partial charge is 0.223 e. The van der Waals surface area contributed by atoms with Crippen LogP contribution in [0.5, 0.6) is 0 Å². The van der Waals surface area contributed by atoms with Crippen molar-refractivity contribution in [3.05, 3.63) is 46.0 Å². The van der Waals surface area contributed by atoms with Gasteiger partial charge >= 0.3 is 0 Å². The van der Waals surface area contributed by atoms with Crippen LogP contribution in [-0.2, 0) is 11.2 Å². The highest BCUT2D eigenvalue weighted by molar-refractivity contribution is 7.71. The Hall–Kier alpha value is -2.09. The number of carbonyl (C=O) groups is 1. The van der Waals surface area contributed by atoms with Crippen LogP contribution in [0.4, 0.5) is 8.78 Å². The van der Waals surface area contributed by atoms with Gasteiger partial charge in [0.15, 0.2) is 4.77 Å². The van der Waals surface area contributed by atoms with Crippen molar-refractivity contribution in [3.8, 4) is 0 Å². The number of benzene rings is 1. The van der Waals surface area contributed by atoms with Crippen molar-refractivity contribution >= 4 is 18.1 Å². The van der Waals surface area contributed by atoms with Crippen LogP contribution < -0.4 is 5.32 Å². The number of H-pyrrole nitrogens is 1. The maximum atomic E-state index is 13.8. The summed E-state index contributed by atoms with van der Waals surface area (Å²) >= 11 is 5.18. The molecule has 3 rings (SSSR count). The fraction of sp³-hybridized carbons (Fsp3) is 0.471. The second-order valence-electron chi connectivity index (χ2n) is 6.53. The number of rotatable bonds is 6. The Morgan fingerprint density at radius 1 is 1.44 bits per heavy atom. The van der Waals surface area contributed by atoms with E-state index in [2.05, 4.69) is 15.5 Å². The van der Waals surface area contributed by atoms with Gasteiger partial charge in [-0.05, 0) is 44.6 Å². The van der Waals surface area contributed by atoms with Crippen LogP contribution in [0.2, 0.25) is 0 Å². The number of nitrogens with one attached hydrogen (secondary N) is 2. The van der Waals surface area contributed by atoms with E-state index in [1.165, 1.54) is 18.2 Å². The molecular weight excluding hydrogens is 346 g/mol. The molecule has 0 aliphatic heterocycles. The molecule has 0 bridgehead atoms. The van der Waals surface area contributed by atoms with Gasteiger partial charge in [-0.3, -0.25) is 9.89 Å². The molecule has 1 heterocycles. The first-order chi connectivity index (χ1) is 11.9. The highest BCUT2D eigenvalue weighted by Crippen LogP contribution is 2.49. The number of aromatic amines is 1. The SMILES string of the molecule is CC(C)n1c(CCNC(=O)[C@H]2C[C@H]2c2c(F)cccc2F)n[nH]c1=S. The summed E-state index contributed by atoms with van der Waals surface area (Å²) in [5.41, 5.74) is 0.0170. The summed E-state index contributed by atoms with van der Waals surface area (Å²) < 4.78 is 30.0. The largest absolute Gasteiger partial charge is 0.355 e. The van der Waals surface area contributed by atoms with Gasteiger partial charge in [-0.2, -0.15) is 5.10 Å². The van der Waals surface area contributed by atoms with Gasteiger partial charge in [-0.1, -0.05) is 6.07 Å². The van der Waals surface area contributed by atoms with Crippen molar-refractivity contribution < 1.29 is 13.6 Å². The fourth-order valence-electron chi connectivity index (χ4n) is 3.14. The van der Waals surface area contributed by atoms with Crippen molar-refractivity contribution in [1.29, 1.82) is 0 Å². The monoisotopic (exact) mass is 366 g/mol. The first-order valence-corrected chi connectivity index (χ1v) is 8.68. The normalized spacial score (nSPS) is 19.2. The number of hydrogen-bond acceptors (Lipinski definition) is 3. The lowest BCUT2D eigenvalue weighted by molar-refractivity contribution is -0.122. The Bertz CT molecular complexity index is 825. The summed E-state index contributed by atoms with van der Waals surface area (Å²) in [6, 6.07) is 3.95. The van der Waals surface area contributed by atoms with E-state index >= 15 is 0 Å². The Labute approximate surface area is 149 Å². The standard InChI is InChI=1S/C17H20F2N4OS/c1-9(2)23-14(21-22-17(23)25)6-7-20-16(24)11-8-10(11)15-12(18)4-3-5-13(15)19/h3-5,9-11H,6-8H2,1-2H3,(H,20,24)(H,22,25)/t10-,11+/m1/s1. The summed E-state index contributed by atoms with van der Waals surface area (Å²) in [7, 11) is 0. The van der Waals surface area contributed by atoms with E-state index in [1.807, 2.05) is 18.4 Å². The molecule has 8 heteroatoms. The molecule has 134 valence electrons. The van der Waals surface area contributed by atoms with Crippen molar-refractivity contribution in [1.82, 2.24) is 20.1 Å². The van der Waals surface area contributed by atoms with Crippen molar-refractivity contribution in [2.75, 3.05) is 6.54 Å². The Morgan fingerprint density at radius 2 is 2.12 bits per heavy atom. The topological polar surface area (TPSA) is 62.7 Å². The van der Waals surface area contributed by atoms with Crippen LogP contribution in [0, 0.1) is 22.3 Å². The molecule has 1 aromatic carbocycles. The first-order valence-electron chi connectivity index (χ1n) is 8.27. The Kier molecular flexibility index (Phi) is 4.99.